The summed E-state index contributed by atoms with van der Waals surface area (Å²) in [6, 6.07) is 15.6. The highest BCUT2D eigenvalue weighted by atomic mass is 16.6. The Morgan fingerprint density at radius 2 is 1.79 bits per heavy atom. The van der Waals surface area contributed by atoms with E-state index in [2.05, 4.69) is 20.5 Å². The predicted molar refractivity (Wildman–Crippen MR) is 107 cm³/mol. The van der Waals surface area contributed by atoms with Gasteiger partial charge in [0.25, 0.3) is 5.69 Å². The van der Waals surface area contributed by atoms with Crippen LogP contribution < -0.4 is 10.2 Å². The Labute approximate surface area is 162 Å². The van der Waals surface area contributed by atoms with Gasteiger partial charge in [-0.1, -0.05) is 12.1 Å². The van der Waals surface area contributed by atoms with E-state index in [0.717, 1.165) is 22.5 Å². The van der Waals surface area contributed by atoms with Gasteiger partial charge in [-0.05, 0) is 49.7 Å². The van der Waals surface area contributed by atoms with E-state index in [9.17, 15) is 10.1 Å². The minimum absolute atomic E-state index is 0.0518. The van der Waals surface area contributed by atoms with Crippen LogP contribution in [0.15, 0.2) is 59.7 Å². The van der Waals surface area contributed by atoms with Crippen molar-refractivity contribution in [1.29, 1.82) is 0 Å². The Bertz CT molecular complexity index is 983. The third-order valence-corrected chi connectivity index (χ3v) is 3.81. The summed E-state index contributed by atoms with van der Waals surface area (Å²) >= 11 is 0. The predicted octanol–water partition coefficient (Wildman–Crippen LogP) is 4.03. The van der Waals surface area contributed by atoms with Crippen LogP contribution in [0.3, 0.4) is 0 Å². The Morgan fingerprint density at radius 1 is 1.11 bits per heavy atom. The summed E-state index contributed by atoms with van der Waals surface area (Å²) in [6.45, 7) is 4.08. The van der Waals surface area contributed by atoms with Crippen LogP contribution in [0.5, 0.6) is 5.75 Å². The number of nitrogens with one attached hydrogen (secondary N) is 1. The van der Waals surface area contributed by atoms with Gasteiger partial charge in [-0.3, -0.25) is 10.1 Å². The summed E-state index contributed by atoms with van der Waals surface area (Å²) in [6.07, 6.45) is 1.63. The minimum Gasteiger partial charge on any atom is -0.488 e. The number of ether oxygens (including phenoxy) is 1. The van der Waals surface area contributed by atoms with Gasteiger partial charge in [0.2, 0.25) is 5.95 Å². The number of benzene rings is 2. The number of aryl methyl sites for hydroxylation is 2. The first-order chi connectivity index (χ1) is 13.5. The molecule has 0 saturated heterocycles. The van der Waals surface area contributed by atoms with Crippen LogP contribution in [0, 0.1) is 24.0 Å². The van der Waals surface area contributed by atoms with Crippen LogP contribution in [-0.2, 0) is 6.61 Å². The number of non-ortho nitro benzene ring substituents is 1. The van der Waals surface area contributed by atoms with E-state index in [1.807, 2.05) is 44.2 Å². The maximum absolute atomic E-state index is 10.7. The Kier molecular flexibility index (Phi) is 5.91. The Hall–Kier alpha value is -3.81. The molecule has 142 valence electrons. The van der Waals surface area contributed by atoms with Crippen LogP contribution >= 0.6 is 0 Å². The van der Waals surface area contributed by atoms with Crippen LogP contribution in [0.4, 0.5) is 11.6 Å². The van der Waals surface area contributed by atoms with Crippen molar-refractivity contribution in [2.75, 3.05) is 5.43 Å². The number of hydrazone groups is 1. The SMILES string of the molecule is Cc1cc(C)nc(N/N=C/c2ccccc2OCc2ccc([N+](=O)[O-])cc2)n1. The van der Waals surface area contributed by atoms with Crippen molar-refractivity contribution in [2.45, 2.75) is 20.5 Å². The topological polar surface area (TPSA) is 103 Å². The number of nitro benzene ring substituents is 1. The molecule has 0 aliphatic rings. The summed E-state index contributed by atoms with van der Waals surface area (Å²) in [5.41, 5.74) is 6.20. The molecule has 1 N–H and O–H groups in total. The molecule has 1 heterocycles. The van der Waals surface area contributed by atoms with Gasteiger partial charge in [-0.15, -0.1) is 0 Å². The molecule has 3 rings (SSSR count). The largest absolute Gasteiger partial charge is 0.488 e. The van der Waals surface area contributed by atoms with Crippen molar-refractivity contribution in [1.82, 2.24) is 9.97 Å². The fourth-order valence-electron chi connectivity index (χ4n) is 2.53. The van der Waals surface area contributed by atoms with Gasteiger partial charge in [-0.25, -0.2) is 15.4 Å². The zero-order valence-corrected chi connectivity index (χ0v) is 15.5. The van der Waals surface area contributed by atoms with Crippen molar-refractivity contribution in [3.05, 3.63) is 87.2 Å². The molecule has 2 aromatic carbocycles. The van der Waals surface area contributed by atoms with Crippen LogP contribution in [0.1, 0.15) is 22.5 Å². The maximum atomic E-state index is 10.7. The van der Waals surface area contributed by atoms with Gasteiger partial charge in [0.15, 0.2) is 0 Å². The second-order valence-electron chi connectivity index (χ2n) is 6.09. The molecule has 0 atom stereocenters. The van der Waals surface area contributed by atoms with Gasteiger partial charge < -0.3 is 4.74 Å². The third-order valence-electron chi connectivity index (χ3n) is 3.81. The lowest BCUT2D eigenvalue weighted by atomic mass is 10.2. The number of nitro groups is 1. The van der Waals surface area contributed by atoms with E-state index in [0.29, 0.717) is 11.7 Å². The molecule has 3 aromatic rings. The number of rotatable bonds is 7. The molecule has 0 aliphatic carbocycles. The fourth-order valence-corrected chi connectivity index (χ4v) is 2.53. The average molecular weight is 377 g/mol. The number of hydrogen-bond donors (Lipinski definition) is 1. The molecule has 0 unspecified atom stereocenters. The summed E-state index contributed by atoms with van der Waals surface area (Å²) in [5.74, 6) is 1.07. The lowest BCUT2D eigenvalue weighted by molar-refractivity contribution is -0.384. The highest BCUT2D eigenvalue weighted by molar-refractivity contribution is 5.83. The molecule has 0 radical (unpaired) electrons. The van der Waals surface area contributed by atoms with Gasteiger partial charge >= 0.3 is 0 Å². The van der Waals surface area contributed by atoms with E-state index in [-0.39, 0.29) is 12.3 Å². The zero-order valence-electron chi connectivity index (χ0n) is 15.5. The molecule has 0 amide bonds. The normalized spacial score (nSPS) is 10.8. The lowest BCUT2D eigenvalue weighted by Gasteiger charge is -2.09. The van der Waals surface area contributed by atoms with Crippen molar-refractivity contribution in [2.24, 2.45) is 5.10 Å². The summed E-state index contributed by atoms with van der Waals surface area (Å²) < 4.78 is 5.84. The van der Waals surface area contributed by atoms with Gasteiger partial charge in [0, 0.05) is 29.1 Å². The highest BCUT2D eigenvalue weighted by Crippen LogP contribution is 2.19. The van der Waals surface area contributed by atoms with Crippen molar-refractivity contribution < 1.29 is 9.66 Å². The number of para-hydroxylation sites is 1. The van der Waals surface area contributed by atoms with Gasteiger partial charge in [0.1, 0.15) is 12.4 Å². The quantitative estimate of drug-likeness (QED) is 0.379. The van der Waals surface area contributed by atoms with E-state index >= 15 is 0 Å². The number of aromatic nitrogens is 2. The second kappa shape index (κ2) is 8.72. The maximum Gasteiger partial charge on any atom is 0.269 e. The molecule has 28 heavy (non-hydrogen) atoms. The molecule has 0 bridgehead atoms. The van der Waals surface area contributed by atoms with E-state index in [4.69, 9.17) is 4.74 Å². The minimum atomic E-state index is -0.428. The molecular weight excluding hydrogens is 358 g/mol. The molecule has 8 heteroatoms. The first-order valence-corrected chi connectivity index (χ1v) is 8.58. The smallest absolute Gasteiger partial charge is 0.269 e. The monoisotopic (exact) mass is 377 g/mol. The third kappa shape index (κ3) is 5.10. The first kappa shape index (κ1) is 19.0. The average Bonchev–Trinajstić information content (AvgIpc) is 2.67. The molecular formula is C20H19N5O3. The second-order valence-corrected chi connectivity index (χ2v) is 6.09. The standard InChI is InChI=1S/C20H19N5O3/c1-14-11-15(2)23-20(22-14)24-21-12-17-5-3-4-6-19(17)28-13-16-7-9-18(10-8-16)25(26)27/h3-12H,13H2,1-2H3,(H,22,23,24)/b21-12+. The van der Waals surface area contributed by atoms with E-state index in [1.54, 1.807) is 18.3 Å². The molecule has 8 nitrogen and oxygen atoms in total. The van der Waals surface area contributed by atoms with Gasteiger partial charge in [0.05, 0.1) is 11.1 Å². The molecule has 0 aliphatic heterocycles. The molecule has 0 fully saturated rings. The zero-order chi connectivity index (χ0) is 19.9. The van der Waals surface area contributed by atoms with Gasteiger partial charge in [-0.2, -0.15) is 5.10 Å². The van der Waals surface area contributed by atoms with Crippen LogP contribution in [0.2, 0.25) is 0 Å². The first-order valence-electron chi connectivity index (χ1n) is 8.58. The number of anilines is 1. The number of nitrogens with zero attached hydrogens (tertiary/aromatic N) is 4. The van der Waals surface area contributed by atoms with E-state index < -0.39 is 4.92 Å². The fraction of sp³-hybridized carbons (Fsp3) is 0.150. The van der Waals surface area contributed by atoms with Crippen LogP contribution in [-0.4, -0.2) is 21.1 Å². The summed E-state index contributed by atoms with van der Waals surface area (Å²) in [5, 5.41) is 14.9. The van der Waals surface area contributed by atoms with E-state index in [1.165, 1.54) is 12.1 Å². The van der Waals surface area contributed by atoms with Crippen molar-refractivity contribution in [3.63, 3.8) is 0 Å². The number of hydrogen-bond acceptors (Lipinski definition) is 7. The van der Waals surface area contributed by atoms with Crippen molar-refractivity contribution in [3.8, 4) is 5.75 Å². The molecule has 0 saturated carbocycles. The Morgan fingerprint density at radius 3 is 2.46 bits per heavy atom. The highest BCUT2D eigenvalue weighted by Gasteiger charge is 2.06. The van der Waals surface area contributed by atoms with Crippen LogP contribution in [0.25, 0.3) is 0 Å². The molecule has 1 aromatic heterocycles. The molecule has 0 spiro atoms. The summed E-state index contributed by atoms with van der Waals surface area (Å²) in [7, 11) is 0. The lowest BCUT2D eigenvalue weighted by Crippen LogP contribution is -2.01. The van der Waals surface area contributed by atoms with Crippen molar-refractivity contribution >= 4 is 17.9 Å². The Balaban J connectivity index is 1.66. The summed E-state index contributed by atoms with van der Waals surface area (Å²) in [4.78, 5) is 18.8.